The number of hydrogen-bond acceptors (Lipinski definition) is 6. The van der Waals surface area contributed by atoms with Crippen LogP contribution in [0.25, 0.3) is 11.5 Å². The number of methoxy groups -OCH3 is 2. The van der Waals surface area contributed by atoms with Gasteiger partial charge in [0.1, 0.15) is 0 Å². The van der Waals surface area contributed by atoms with Gasteiger partial charge in [-0.05, 0) is 37.3 Å². The normalized spacial score (nSPS) is 10.6. The second kappa shape index (κ2) is 8.56. The van der Waals surface area contributed by atoms with Gasteiger partial charge in [0, 0.05) is 31.1 Å². The molecule has 0 aliphatic carbocycles. The second-order valence-electron chi connectivity index (χ2n) is 6.43. The number of hydrogen-bond donors (Lipinski definition) is 0. The van der Waals surface area contributed by atoms with Crippen LogP contribution in [0, 0.1) is 6.92 Å². The van der Waals surface area contributed by atoms with Gasteiger partial charge in [0.2, 0.25) is 0 Å². The number of carbonyl (C=O) groups is 1. The topological polar surface area (TPSA) is 77.7 Å². The van der Waals surface area contributed by atoms with Crippen LogP contribution in [0.3, 0.4) is 0 Å². The Bertz CT molecular complexity index is 951. The van der Waals surface area contributed by atoms with Crippen molar-refractivity contribution in [3.8, 4) is 23.0 Å². The Morgan fingerprint density at radius 1 is 1.07 bits per heavy atom. The molecule has 146 valence electrons. The van der Waals surface area contributed by atoms with Crippen LogP contribution in [-0.4, -0.2) is 48.8 Å². The highest BCUT2D eigenvalue weighted by atomic mass is 16.5. The van der Waals surface area contributed by atoms with Gasteiger partial charge in [0.05, 0.1) is 14.2 Å². The number of likely N-dealkylation sites (N-methyl/N-ethyl adjacent to an activating group) is 1. The van der Waals surface area contributed by atoms with Gasteiger partial charge in [-0.25, -0.2) is 0 Å². The lowest BCUT2D eigenvalue weighted by Gasteiger charge is -2.17. The first-order chi connectivity index (χ1) is 13.5. The zero-order chi connectivity index (χ0) is 20.1. The lowest BCUT2D eigenvalue weighted by atomic mass is 10.1. The molecule has 0 aliphatic heterocycles. The maximum atomic E-state index is 12.7. The molecule has 0 unspecified atom stereocenters. The van der Waals surface area contributed by atoms with Crippen molar-refractivity contribution in [3.05, 3.63) is 59.4 Å². The molecule has 28 heavy (non-hydrogen) atoms. The summed E-state index contributed by atoms with van der Waals surface area (Å²) in [4.78, 5) is 18.7. The lowest BCUT2D eigenvalue weighted by Crippen LogP contribution is -2.29. The Hall–Kier alpha value is -3.35. The average molecular weight is 381 g/mol. The van der Waals surface area contributed by atoms with Crippen LogP contribution in [0.4, 0.5) is 0 Å². The Morgan fingerprint density at radius 3 is 2.46 bits per heavy atom. The average Bonchev–Trinajstić information content (AvgIpc) is 3.20. The fourth-order valence-corrected chi connectivity index (χ4v) is 2.73. The van der Waals surface area contributed by atoms with Crippen molar-refractivity contribution in [3.63, 3.8) is 0 Å². The highest BCUT2D eigenvalue weighted by Gasteiger charge is 2.16. The number of carbonyl (C=O) groups excluding carboxylic acids is 1. The highest BCUT2D eigenvalue weighted by Crippen LogP contribution is 2.28. The van der Waals surface area contributed by atoms with Crippen LogP contribution < -0.4 is 9.47 Å². The zero-order valence-corrected chi connectivity index (χ0v) is 16.4. The molecule has 3 rings (SSSR count). The maximum Gasteiger partial charge on any atom is 0.257 e. The van der Waals surface area contributed by atoms with Crippen molar-refractivity contribution >= 4 is 5.91 Å². The first-order valence-electron chi connectivity index (χ1n) is 8.89. The summed E-state index contributed by atoms with van der Waals surface area (Å²) in [5.41, 5.74) is 2.56. The van der Waals surface area contributed by atoms with E-state index in [1.807, 2.05) is 31.2 Å². The molecule has 0 radical (unpaired) electrons. The minimum absolute atomic E-state index is 0.122. The molecule has 0 N–H and O–H groups in total. The van der Waals surface area contributed by atoms with Gasteiger partial charge < -0.3 is 18.9 Å². The van der Waals surface area contributed by atoms with Crippen molar-refractivity contribution in [1.29, 1.82) is 0 Å². The number of aryl methyl sites for hydroxylation is 1. The third-order valence-corrected chi connectivity index (χ3v) is 4.41. The van der Waals surface area contributed by atoms with Crippen LogP contribution in [0.5, 0.6) is 11.5 Å². The summed E-state index contributed by atoms with van der Waals surface area (Å²) in [6.45, 7) is 2.48. The van der Waals surface area contributed by atoms with Gasteiger partial charge in [-0.3, -0.25) is 4.79 Å². The van der Waals surface area contributed by atoms with E-state index in [0.29, 0.717) is 41.7 Å². The molecular weight excluding hydrogens is 358 g/mol. The molecule has 2 aromatic carbocycles. The molecule has 0 aliphatic rings. The number of nitrogens with zero attached hydrogens (tertiary/aromatic N) is 3. The first kappa shape index (κ1) is 19.4. The molecule has 0 saturated carbocycles. The second-order valence-corrected chi connectivity index (χ2v) is 6.43. The van der Waals surface area contributed by atoms with Gasteiger partial charge in [-0.2, -0.15) is 4.98 Å². The van der Waals surface area contributed by atoms with Crippen molar-refractivity contribution in [1.82, 2.24) is 15.0 Å². The molecule has 1 heterocycles. The summed E-state index contributed by atoms with van der Waals surface area (Å²) in [5, 5.41) is 4.01. The summed E-state index contributed by atoms with van der Waals surface area (Å²) in [5.74, 6) is 2.01. The van der Waals surface area contributed by atoms with Crippen LogP contribution in [0.15, 0.2) is 47.0 Å². The maximum absolute atomic E-state index is 12.7. The standard InChI is InChI=1S/C21H23N3O4/c1-14-5-7-15(8-6-14)20-22-19(23-28-20)11-12-24(2)21(25)16-9-10-17(26-3)18(13-16)27-4/h5-10,13H,11-12H2,1-4H3. The Kier molecular flexibility index (Phi) is 5.93. The quantitative estimate of drug-likeness (QED) is 0.624. The van der Waals surface area contributed by atoms with E-state index >= 15 is 0 Å². The van der Waals surface area contributed by atoms with E-state index in [0.717, 1.165) is 5.56 Å². The number of aromatic nitrogens is 2. The van der Waals surface area contributed by atoms with Crippen molar-refractivity contribution < 1.29 is 18.8 Å². The van der Waals surface area contributed by atoms with Crippen LogP contribution in [-0.2, 0) is 6.42 Å². The molecule has 7 heteroatoms. The molecular formula is C21H23N3O4. The van der Waals surface area contributed by atoms with E-state index in [2.05, 4.69) is 10.1 Å². The Balaban J connectivity index is 1.63. The SMILES string of the molecule is COc1ccc(C(=O)N(C)CCc2noc(-c3ccc(C)cc3)n2)cc1OC. The minimum Gasteiger partial charge on any atom is -0.493 e. The van der Waals surface area contributed by atoms with Gasteiger partial charge in [-0.1, -0.05) is 22.9 Å². The fourth-order valence-electron chi connectivity index (χ4n) is 2.73. The molecule has 7 nitrogen and oxygen atoms in total. The summed E-state index contributed by atoms with van der Waals surface area (Å²) < 4.78 is 15.8. The van der Waals surface area contributed by atoms with E-state index in [4.69, 9.17) is 14.0 Å². The predicted octanol–water partition coefficient (Wildman–Crippen LogP) is 3.38. The Morgan fingerprint density at radius 2 is 1.79 bits per heavy atom. The van der Waals surface area contributed by atoms with Crippen LogP contribution in [0.1, 0.15) is 21.7 Å². The predicted molar refractivity (Wildman–Crippen MR) is 105 cm³/mol. The third kappa shape index (κ3) is 4.31. The highest BCUT2D eigenvalue weighted by molar-refractivity contribution is 5.94. The van der Waals surface area contributed by atoms with Gasteiger partial charge in [0.25, 0.3) is 11.8 Å². The molecule has 1 aromatic heterocycles. The van der Waals surface area contributed by atoms with Crippen molar-refractivity contribution in [2.75, 3.05) is 27.8 Å². The molecule has 3 aromatic rings. The van der Waals surface area contributed by atoms with Gasteiger partial charge >= 0.3 is 0 Å². The summed E-state index contributed by atoms with van der Waals surface area (Å²) in [7, 11) is 4.83. The summed E-state index contributed by atoms with van der Waals surface area (Å²) >= 11 is 0. The van der Waals surface area contributed by atoms with Gasteiger partial charge in [-0.15, -0.1) is 0 Å². The smallest absolute Gasteiger partial charge is 0.257 e. The summed E-state index contributed by atoms with van der Waals surface area (Å²) in [6, 6.07) is 13.0. The number of ether oxygens (including phenoxy) is 2. The van der Waals surface area contributed by atoms with Crippen molar-refractivity contribution in [2.45, 2.75) is 13.3 Å². The molecule has 0 spiro atoms. The molecule has 0 fully saturated rings. The third-order valence-electron chi connectivity index (χ3n) is 4.41. The monoisotopic (exact) mass is 381 g/mol. The van der Waals surface area contributed by atoms with E-state index in [1.165, 1.54) is 12.7 Å². The van der Waals surface area contributed by atoms with E-state index in [-0.39, 0.29) is 5.91 Å². The van der Waals surface area contributed by atoms with Crippen LogP contribution >= 0.6 is 0 Å². The largest absolute Gasteiger partial charge is 0.493 e. The molecule has 1 amide bonds. The molecule has 0 saturated heterocycles. The molecule has 0 bridgehead atoms. The first-order valence-corrected chi connectivity index (χ1v) is 8.89. The Labute approximate surface area is 163 Å². The number of amides is 1. The number of benzene rings is 2. The molecule has 0 atom stereocenters. The lowest BCUT2D eigenvalue weighted by molar-refractivity contribution is 0.0795. The van der Waals surface area contributed by atoms with Gasteiger partial charge in [0.15, 0.2) is 17.3 Å². The minimum atomic E-state index is -0.122. The van der Waals surface area contributed by atoms with E-state index < -0.39 is 0 Å². The summed E-state index contributed by atoms with van der Waals surface area (Å²) in [6.07, 6.45) is 0.491. The number of rotatable bonds is 7. The zero-order valence-electron chi connectivity index (χ0n) is 16.4. The fraction of sp³-hybridized carbons (Fsp3) is 0.286. The van der Waals surface area contributed by atoms with Crippen LogP contribution in [0.2, 0.25) is 0 Å². The van der Waals surface area contributed by atoms with E-state index in [1.54, 1.807) is 37.3 Å². The van der Waals surface area contributed by atoms with E-state index in [9.17, 15) is 4.79 Å². The van der Waals surface area contributed by atoms with Crippen molar-refractivity contribution in [2.24, 2.45) is 0 Å².